The highest BCUT2D eigenvalue weighted by atomic mass is 19.3. The Balaban J connectivity index is 1.42. The number of nitrogens with one attached hydrogen (secondary N) is 2. The van der Waals surface area contributed by atoms with Crippen LogP contribution in [-0.2, 0) is 9.59 Å². The third-order valence-electron chi connectivity index (χ3n) is 4.94. The fourth-order valence-corrected chi connectivity index (χ4v) is 3.68. The lowest BCUT2D eigenvalue weighted by Crippen LogP contribution is -2.48. The molecule has 1 saturated heterocycles. The molecule has 1 spiro atoms. The summed E-state index contributed by atoms with van der Waals surface area (Å²) in [7, 11) is 0. The number of anilines is 1. The Kier molecular flexibility index (Phi) is 3.93. The fourth-order valence-electron chi connectivity index (χ4n) is 3.68. The van der Waals surface area contributed by atoms with E-state index in [1.165, 1.54) is 18.2 Å². The van der Waals surface area contributed by atoms with Crippen LogP contribution in [0.15, 0.2) is 18.2 Å². The smallest absolute Gasteiger partial charge is 0.395 e. The molecule has 1 saturated carbocycles. The predicted molar refractivity (Wildman–Crippen MR) is 87.3 cm³/mol. The largest absolute Gasteiger partial charge is 0.586 e. The van der Waals surface area contributed by atoms with Crippen LogP contribution in [0.4, 0.5) is 19.3 Å². The van der Waals surface area contributed by atoms with E-state index < -0.39 is 36.2 Å². The van der Waals surface area contributed by atoms with Gasteiger partial charge in [-0.15, -0.1) is 8.78 Å². The average molecular weight is 381 g/mol. The van der Waals surface area contributed by atoms with Crippen LogP contribution in [-0.4, -0.2) is 41.1 Å². The molecule has 0 radical (unpaired) electrons. The van der Waals surface area contributed by atoms with Crippen LogP contribution in [0, 0.1) is 0 Å². The molecule has 0 atom stereocenters. The molecule has 0 aromatic heterocycles. The van der Waals surface area contributed by atoms with Crippen molar-refractivity contribution in [3.8, 4) is 11.5 Å². The number of hydrogen-bond donors (Lipinski definition) is 2. The van der Waals surface area contributed by atoms with Gasteiger partial charge >= 0.3 is 12.3 Å². The Morgan fingerprint density at radius 1 is 1.15 bits per heavy atom. The first-order valence-corrected chi connectivity index (χ1v) is 8.62. The molecule has 4 amide bonds. The Labute approximate surface area is 152 Å². The minimum absolute atomic E-state index is 0.147. The number of alkyl halides is 2. The first-order chi connectivity index (χ1) is 12.8. The van der Waals surface area contributed by atoms with Gasteiger partial charge in [-0.3, -0.25) is 14.5 Å². The summed E-state index contributed by atoms with van der Waals surface area (Å²) in [5.41, 5.74) is -0.723. The monoisotopic (exact) mass is 381 g/mol. The topological polar surface area (TPSA) is 97.0 Å². The highest BCUT2D eigenvalue weighted by Gasteiger charge is 2.51. The SMILES string of the molecule is O=C(CN1C(=O)NC2(CCCCC2)C1=O)Nc1ccc2c(c1)OC(F)(F)O2. The zero-order valence-corrected chi connectivity index (χ0v) is 14.2. The minimum atomic E-state index is -3.75. The number of rotatable bonds is 3. The molecule has 1 aliphatic carbocycles. The second-order valence-electron chi connectivity index (χ2n) is 6.84. The molecule has 2 N–H and O–H groups in total. The first-order valence-electron chi connectivity index (χ1n) is 8.62. The molecule has 2 fully saturated rings. The van der Waals surface area contributed by atoms with E-state index in [0.717, 1.165) is 24.2 Å². The van der Waals surface area contributed by atoms with E-state index in [9.17, 15) is 23.2 Å². The summed E-state index contributed by atoms with van der Waals surface area (Å²) in [5.74, 6) is -1.38. The third kappa shape index (κ3) is 3.15. The summed E-state index contributed by atoms with van der Waals surface area (Å²) in [6, 6.07) is 3.18. The van der Waals surface area contributed by atoms with E-state index in [2.05, 4.69) is 20.1 Å². The van der Waals surface area contributed by atoms with Crippen molar-refractivity contribution in [2.45, 2.75) is 43.9 Å². The number of ether oxygens (including phenoxy) is 2. The van der Waals surface area contributed by atoms with E-state index in [0.29, 0.717) is 12.8 Å². The molecule has 2 heterocycles. The van der Waals surface area contributed by atoms with Crippen molar-refractivity contribution < 1.29 is 32.6 Å². The molecule has 8 nitrogen and oxygen atoms in total. The normalized spacial score (nSPS) is 22.1. The molecule has 144 valence electrons. The van der Waals surface area contributed by atoms with Crippen molar-refractivity contribution in [3.05, 3.63) is 18.2 Å². The maximum atomic E-state index is 13.0. The lowest BCUT2D eigenvalue weighted by atomic mass is 9.82. The van der Waals surface area contributed by atoms with Crippen molar-refractivity contribution >= 4 is 23.5 Å². The van der Waals surface area contributed by atoms with E-state index >= 15 is 0 Å². The van der Waals surface area contributed by atoms with Gasteiger partial charge in [-0.05, 0) is 25.0 Å². The Bertz CT molecular complexity index is 823. The molecule has 1 aromatic rings. The van der Waals surface area contributed by atoms with Gasteiger partial charge in [-0.1, -0.05) is 19.3 Å². The number of amides is 4. The van der Waals surface area contributed by atoms with E-state index in [4.69, 9.17) is 0 Å². The van der Waals surface area contributed by atoms with Gasteiger partial charge in [0.2, 0.25) is 5.91 Å². The highest BCUT2D eigenvalue weighted by molar-refractivity contribution is 6.10. The summed E-state index contributed by atoms with van der Waals surface area (Å²) in [6.45, 7) is -0.461. The highest BCUT2D eigenvalue weighted by Crippen LogP contribution is 2.42. The van der Waals surface area contributed by atoms with Gasteiger partial charge in [-0.25, -0.2) is 4.79 Å². The lowest BCUT2D eigenvalue weighted by Gasteiger charge is -2.30. The Morgan fingerprint density at radius 3 is 2.59 bits per heavy atom. The van der Waals surface area contributed by atoms with Gasteiger partial charge in [0.1, 0.15) is 12.1 Å². The van der Waals surface area contributed by atoms with Crippen LogP contribution < -0.4 is 20.1 Å². The number of hydrogen-bond acceptors (Lipinski definition) is 5. The van der Waals surface area contributed by atoms with Gasteiger partial charge in [0.05, 0.1) is 0 Å². The number of carbonyl (C=O) groups is 3. The molecule has 3 aliphatic rings. The average Bonchev–Trinajstić information content (AvgIpc) is 3.02. The standard InChI is InChI=1S/C17H17F2N3O5/c18-17(19)26-11-5-4-10(8-12(11)27-17)20-13(23)9-22-14(24)16(21-15(22)25)6-2-1-3-7-16/h4-5,8H,1-3,6-7,9H2,(H,20,23)(H,21,25). The van der Waals surface area contributed by atoms with E-state index in [1.54, 1.807) is 0 Å². The van der Waals surface area contributed by atoms with Gasteiger partial charge in [0, 0.05) is 11.8 Å². The number of imide groups is 1. The lowest BCUT2D eigenvalue weighted by molar-refractivity contribution is -0.286. The van der Waals surface area contributed by atoms with Crippen molar-refractivity contribution in [2.24, 2.45) is 0 Å². The number of carbonyl (C=O) groups excluding carboxylic acids is 3. The minimum Gasteiger partial charge on any atom is -0.395 e. The van der Waals surface area contributed by atoms with Crippen LogP contribution in [0.2, 0.25) is 0 Å². The number of halogens is 2. The van der Waals surface area contributed by atoms with Gasteiger partial charge in [0.25, 0.3) is 5.91 Å². The maximum Gasteiger partial charge on any atom is 0.586 e. The van der Waals surface area contributed by atoms with Crippen LogP contribution in [0.1, 0.15) is 32.1 Å². The summed E-state index contributed by atoms with van der Waals surface area (Å²) in [5, 5.41) is 5.18. The fraction of sp³-hybridized carbons (Fsp3) is 0.471. The van der Waals surface area contributed by atoms with Crippen LogP contribution in [0.5, 0.6) is 11.5 Å². The predicted octanol–water partition coefficient (Wildman–Crippen LogP) is 2.20. The number of fused-ring (bicyclic) bond motifs is 1. The summed E-state index contributed by atoms with van der Waals surface area (Å²) < 4.78 is 34.7. The Morgan fingerprint density at radius 2 is 1.85 bits per heavy atom. The van der Waals surface area contributed by atoms with Crippen molar-refractivity contribution in [3.63, 3.8) is 0 Å². The van der Waals surface area contributed by atoms with Gasteiger partial charge < -0.3 is 20.1 Å². The Hall–Kier alpha value is -2.91. The van der Waals surface area contributed by atoms with Crippen molar-refractivity contribution in [1.29, 1.82) is 0 Å². The summed E-state index contributed by atoms with van der Waals surface area (Å²) >= 11 is 0. The van der Waals surface area contributed by atoms with Crippen LogP contribution in [0.3, 0.4) is 0 Å². The second kappa shape index (κ2) is 6.07. The zero-order chi connectivity index (χ0) is 19.2. The van der Waals surface area contributed by atoms with Crippen molar-refractivity contribution in [1.82, 2.24) is 10.2 Å². The van der Waals surface area contributed by atoms with Gasteiger partial charge in [0.15, 0.2) is 11.5 Å². The van der Waals surface area contributed by atoms with E-state index in [-0.39, 0.29) is 17.2 Å². The molecule has 10 heteroatoms. The molecule has 27 heavy (non-hydrogen) atoms. The summed E-state index contributed by atoms with van der Waals surface area (Å²) in [6.07, 6.45) is 0.0633. The molecule has 0 unspecified atom stereocenters. The number of nitrogens with zero attached hydrogens (tertiary/aromatic N) is 1. The maximum absolute atomic E-state index is 13.0. The van der Waals surface area contributed by atoms with Crippen LogP contribution >= 0.6 is 0 Å². The number of urea groups is 1. The van der Waals surface area contributed by atoms with Crippen LogP contribution in [0.25, 0.3) is 0 Å². The quantitative estimate of drug-likeness (QED) is 0.783. The van der Waals surface area contributed by atoms with E-state index in [1.807, 2.05) is 0 Å². The molecule has 2 aliphatic heterocycles. The zero-order valence-electron chi connectivity index (χ0n) is 14.2. The van der Waals surface area contributed by atoms with Crippen molar-refractivity contribution in [2.75, 3.05) is 11.9 Å². The molecular formula is C17H17F2N3O5. The number of benzene rings is 1. The molecule has 0 bridgehead atoms. The van der Waals surface area contributed by atoms with Gasteiger partial charge in [-0.2, -0.15) is 0 Å². The third-order valence-corrected chi connectivity index (χ3v) is 4.94. The molecular weight excluding hydrogens is 364 g/mol. The first kappa shape index (κ1) is 17.5. The molecule has 4 rings (SSSR count). The summed E-state index contributed by atoms with van der Waals surface area (Å²) in [4.78, 5) is 38.0. The second-order valence-corrected chi connectivity index (χ2v) is 6.84. The molecule has 1 aromatic carbocycles.